The Labute approximate surface area is 469 Å². The van der Waals surface area contributed by atoms with Gasteiger partial charge in [-0.3, -0.25) is 18.6 Å². The van der Waals surface area contributed by atoms with E-state index in [4.69, 9.17) is 18.5 Å². The fraction of sp³-hybridized carbons (Fsp3) is 0.758. The second kappa shape index (κ2) is 56.9. The highest BCUT2D eigenvalue weighted by molar-refractivity contribution is 7.47. The lowest BCUT2D eigenvalue weighted by molar-refractivity contribution is -0.870. The van der Waals surface area contributed by atoms with Crippen LogP contribution in [0.5, 0.6) is 0 Å². The zero-order valence-electron chi connectivity index (χ0n) is 50.0. The largest absolute Gasteiger partial charge is 0.472 e. The molecule has 0 rings (SSSR count). The molecule has 9 nitrogen and oxygen atoms in total. The maximum absolute atomic E-state index is 12.8. The summed E-state index contributed by atoms with van der Waals surface area (Å²) in [5.74, 6) is -0.815. The van der Waals surface area contributed by atoms with E-state index in [2.05, 4.69) is 98.9 Å². The molecule has 0 fully saturated rings. The van der Waals surface area contributed by atoms with Gasteiger partial charge < -0.3 is 18.9 Å². The van der Waals surface area contributed by atoms with E-state index in [1.165, 1.54) is 148 Å². The molecule has 440 valence electrons. The Bertz CT molecular complexity index is 1560. The van der Waals surface area contributed by atoms with Crippen LogP contribution < -0.4 is 0 Å². The van der Waals surface area contributed by atoms with Crippen molar-refractivity contribution in [2.24, 2.45) is 0 Å². The average Bonchev–Trinajstić information content (AvgIpc) is 3.38. The van der Waals surface area contributed by atoms with Crippen molar-refractivity contribution in [3.63, 3.8) is 0 Å². The minimum absolute atomic E-state index is 0.0247. The number of phosphoric ester groups is 1. The molecule has 0 saturated carbocycles. The molecule has 0 aliphatic heterocycles. The molecule has 0 bridgehead atoms. The Morgan fingerprint density at radius 2 is 0.750 bits per heavy atom. The molecule has 0 heterocycles. The van der Waals surface area contributed by atoms with Gasteiger partial charge in [-0.1, -0.05) is 253 Å². The summed E-state index contributed by atoms with van der Waals surface area (Å²) in [4.78, 5) is 35.7. The summed E-state index contributed by atoms with van der Waals surface area (Å²) < 4.78 is 34.6. The third-order valence-corrected chi connectivity index (χ3v) is 14.4. The van der Waals surface area contributed by atoms with Crippen LogP contribution in [-0.4, -0.2) is 74.9 Å². The maximum Gasteiger partial charge on any atom is 0.472 e. The number of allylic oxidation sites excluding steroid dienone is 14. The van der Waals surface area contributed by atoms with Crippen molar-refractivity contribution < 1.29 is 42.1 Å². The van der Waals surface area contributed by atoms with E-state index in [-0.39, 0.29) is 32.0 Å². The topological polar surface area (TPSA) is 108 Å². The average molecular weight is 1090 g/mol. The summed E-state index contributed by atoms with van der Waals surface area (Å²) in [6.45, 7) is 4.30. The third-order valence-electron chi connectivity index (χ3n) is 13.4. The van der Waals surface area contributed by atoms with Crippen LogP contribution in [0, 0.1) is 0 Å². The van der Waals surface area contributed by atoms with Crippen molar-refractivity contribution in [2.45, 2.75) is 277 Å². The van der Waals surface area contributed by atoms with Crippen molar-refractivity contribution in [3.8, 4) is 0 Å². The van der Waals surface area contributed by atoms with E-state index >= 15 is 0 Å². The monoisotopic (exact) mass is 1080 g/mol. The van der Waals surface area contributed by atoms with Gasteiger partial charge in [0, 0.05) is 12.8 Å². The Hall–Kier alpha value is -2.81. The number of hydrogen-bond acceptors (Lipinski definition) is 7. The number of hydrogen-bond donors (Lipinski definition) is 1. The molecule has 10 heteroatoms. The predicted octanol–water partition coefficient (Wildman–Crippen LogP) is 19.8. The number of nitrogens with zero attached hydrogens (tertiary/aromatic N) is 1. The van der Waals surface area contributed by atoms with Crippen LogP contribution in [0.4, 0.5) is 0 Å². The minimum atomic E-state index is -4.40. The van der Waals surface area contributed by atoms with Gasteiger partial charge >= 0.3 is 19.8 Å². The predicted molar refractivity (Wildman–Crippen MR) is 325 cm³/mol. The molecule has 76 heavy (non-hydrogen) atoms. The van der Waals surface area contributed by atoms with E-state index in [0.717, 1.165) is 89.9 Å². The molecule has 0 aliphatic carbocycles. The Morgan fingerprint density at radius 3 is 1.12 bits per heavy atom. The number of rotatable bonds is 57. The maximum atomic E-state index is 12.8. The number of carbonyl (C=O) groups is 2. The molecule has 2 atom stereocenters. The summed E-state index contributed by atoms with van der Waals surface area (Å²) in [6.07, 6.45) is 76.7. The van der Waals surface area contributed by atoms with Crippen molar-refractivity contribution in [1.29, 1.82) is 0 Å². The summed E-state index contributed by atoms with van der Waals surface area (Å²) in [7, 11) is 1.46. The smallest absolute Gasteiger partial charge is 0.462 e. The highest BCUT2D eigenvalue weighted by Gasteiger charge is 2.27. The number of carbonyl (C=O) groups excluding carboxylic acids is 2. The van der Waals surface area contributed by atoms with E-state index in [0.29, 0.717) is 17.4 Å². The zero-order chi connectivity index (χ0) is 55.6. The highest BCUT2D eigenvalue weighted by atomic mass is 31.2. The molecular formula is C66H119NO8P+. The van der Waals surface area contributed by atoms with Gasteiger partial charge in [0.15, 0.2) is 6.10 Å². The van der Waals surface area contributed by atoms with Crippen LogP contribution in [0.25, 0.3) is 0 Å². The Balaban J connectivity index is 4.09. The molecule has 0 spiro atoms. The van der Waals surface area contributed by atoms with Gasteiger partial charge in [0.1, 0.15) is 19.8 Å². The van der Waals surface area contributed by atoms with E-state index in [1.54, 1.807) is 0 Å². The van der Waals surface area contributed by atoms with Gasteiger partial charge in [-0.2, -0.15) is 0 Å². The van der Waals surface area contributed by atoms with E-state index in [9.17, 15) is 19.0 Å². The lowest BCUT2D eigenvalue weighted by Crippen LogP contribution is -2.37. The molecular weight excluding hydrogens is 966 g/mol. The van der Waals surface area contributed by atoms with Crippen molar-refractivity contribution >= 4 is 19.8 Å². The number of unbranched alkanes of at least 4 members (excludes halogenated alkanes) is 29. The van der Waals surface area contributed by atoms with Crippen LogP contribution in [0.3, 0.4) is 0 Å². The van der Waals surface area contributed by atoms with Crippen molar-refractivity contribution in [2.75, 3.05) is 47.5 Å². The van der Waals surface area contributed by atoms with E-state index < -0.39 is 26.5 Å². The van der Waals surface area contributed by atoms with Crippen LogP contribution in [0.15, 0.2) is 85.1 Å². The first-order valence-electron chi connectivity index (χ1n) is 31.3. The minimum Gasteiger partial charge on any atom is -0.462 e. The van der Waals surface area contributed by atoms with Crippen LogP contribution >= 0.6 is 7.82 Å². The van der Waals surface area contributed by atoms with Gasteiger partial charge in [-0.15, -0.1) is 0 Å². The molecule has 0 aromatic heterocycles. The Kier molecular flexibility index (Phi) is 54.8. The van der Waals surface area contributed by atoms with E-state index in [1.807, 2.05) is 21.1 Å². The quantitative estimate of drug-likeness (QED) is 0.0211. The zero-order valence-corrected chi connectivity index (χ0v) is 50.9. The Morgan fingerprint density at radius 1 is 0.421 bits per heavy atom. The standard InChI is InChI=1S/C66H118NO8P/c1-6-8-10-12-14-16-18-20-22-24-26-28-29-30-31-32-33-34-35-36-37-39-40-42-44-46-48-50-52-54-56-58-65(68)72-62-64(63-74-76(70,71)73-61-60-67(3,4)5)75-66(69)59-57-55-53-51-49-47-45-43-41-38-27-25-23-21-19-17-15-13-11-9-7-2/h9,11,15,17-18,20-21,23-24,26-27,38,43,45,64H,6-8,10,12-14,16,19,22,25,28-37,39-42,44,46-63H2,1-5H3/p+1/b11-9-,17-15-,20-18-,23-21-,26-24-,38-27-,45-43-. The van der Waals surface area contributed by atoms with Gasteiger partial charge in [0.05, 0.1) is 27.7 Å². The van der Waals surface area contributed by atoms with Crippen LogP contribution in [0.1, 0.15) is 271 Å². The first-order chi connectivity index (χ1) is 37.0. The van der Waals surface area contributed by atoms with Gasteiger partial charge in [-0.25, -0.2) is 4.57 Å². The normalized spacial score (nSPS) is 13.8. The molecule has 0 aliphatic rings. The van der Waals surface area contributed by atoms with Crippen molar-refractivity contribution in [3.05, 3.63) is 85.1 Å². The summed E-state index contributed by atoms with van der Waals surface area (Å²) in [5, 5.41) is 0. The fourth-order valence-corrected chi connectivity index (χ4v) is 9.34. The molecule has 0 radical (unpaired) electrons. The summed E-state index contributed by atoms with van der Waals surface area (Å²) in [5.41, 5.74) is 0. The fourth-order valence-electron chi connectivity index (χ4n) is 8.60. The second-order valence-corrected chi connectivity index (χ2v) is 23.5. The molecule has 0 amide bonds. The summed E-state index contributed by atoms with van der Waals surface area (Å²) in [6, 6.07) is 0. The van der Waals surface area contributed by atoms with Crippen molar-refractivity contribution in [1.82, 2.24) is 0 Å². The number of esters is 2. The van der Waals surface area contributed by atoms with Crippen LogP contribution in [0.2, 0.25) is 0 Å². The first kappa shape index (κ1) is 73.2. The number of phosphoric acid groups is 1. The van der Waals surface area contributed by atoms with Gasteiger partial charge in [0.2, 0.25) is 0 Å². The third kappa shape index (κ3) is 60.4. The number of likely N-dealkylation sites (N-methyl/N-ethyl adjacent to an activating group) is 1. The SMILES string of the molecule is CC/C=C\C/C=C\C/C=C\C/C=C\C/C=C\CCCCCCCC(=O)OC(COC(=O)CCCCCCCCCCCCCCCCCCCCC/C=C\C/C=C\CCCCCCC)COP(=O)(O)OCC[N+](C)(C)C. The van der Waals surface area contributed by atoms with Gasteiger partial charge in [0.25, 0.3) is 0 Å². The lowest BCUT2D eigenvalue weighted by Gasteiger charge is -2.24. The molecule has 0 aromatic rings. The second-order valence-electron chi connectivity index (χ2n) is 22.1. The lowest BCUT2D eigenvalue weighted by atomic mass is 10.0. The van der Waals surface area contributed by atoms with Gasteiger partial charge in [-0.05, 0) is 89.9 Å². The highest BCUT2D eigenvalue weighted by Crippen LogP contribution is 2.43. The molecule has 2 unspecified atom stereocenters. The number of quaternary nitrogens is 1. The summed E-state index contributed by atoms with van der Waals surface area (Å²) >= 11 is 0. The molecule has 0 aromatic carbocycles. The number of ether oxygens (including phenoxy) is 2. The first-order valence-corrected chi connectivity index (χ1v) is 32.8. The molecule has 1 N–H and O–H groups in total. The van der Waals surface area contributed by atoms with Crippen LogP contribution in [-0.2, 0) is 32.7 Å². The molecule has 0 saturated heterocycles.